The van der Waals surface area contributed by atoms with Crippen LogP contribution in [0.3, 0.4) is 0 Å². The van der Waals surface area contributed by atoms with Gasteiger partial charge in [-0.2, -0.15) is 0 Å². The Morgan fingerprint density at radius 2 is 1.12 bits per heavy atom. The number of amidine groups is 1. The molecular formula is C38H34N4. The molecule has 5 aromatic carbocycles. The third-order valence-corrected chi connectivity index (χ3v) is 7.65. The molecule has 0 spiro atoms. The van der Waals surface area contributed by atoms with Crippen LogP contribution in [0.4, 0.5) is 0 Å². The summed E-state index contributed by atoms with van der Waals surface area (Å²) in [6.45, 7) is 0. The summed E-state index contributed by atoms with van der Waals surface area (Å²) in [5, 5.41) is 3.66. The van der Waals surface area contributed by atoms with Gasteiger partial charge in [0.1, 0.15) is 5.84 Å². The first-order valence-electron chi connectivity index (χ1n) is 14.3. The van der Waals surface area contributed by atoms with Gasteiger partial charge in [0.15, 0.2) is 0 Å². The highest BCUT2D eigenvalue weighted by atomic mass is 15.0. The molecule has 1 aliphatic rings. The number of benzene rings is 5. The molecule has 5 aromatic rings. The maximum Gasteiger partial charge on any atom is 0.134 e. The molecule has 4 nitrogen and oxygen atoms in total. The summed E-state index contributed by atoms with van der Waals surface area (Å²) < 4.78 is 0. The minimum Gasteiger partial charge on any atom is -0.405 e. The second-order valence-corrected chi connectivity index (χ2v) is 10.5. The lowest BCUT2D eigenvalue weighted by atomic mass is 9.96. The second-order valence-electron chi connectivity index (χ2n) is 10.5. The second kappa shape index (κ2) is 12.5. The summed E-state index contributed by atoms with van der Waals surface area (Å²) in [5.41, 5.74) is 21.9. The van der Waals surface area contributed by atoms with Crippen molar-refractivity contribution in [1.82, 2.24) is 5.32 Å². The van der Waals surface area contributed by atoms with Gasteiger partial charge in [-0.3, -0.25) is 0 Å². The zero-order valence-corrected chi connectivity index (χ0v) is 23.4. The Labute approximate surface area is 247 Å². The number of aliphatic imine (C=N–C) groups is 1. The van der Waals surface area contributed by atoms with Crippen LogP contribution in [-0.2, 0) is 0 Å². The van der Waals surface area contributed by atoms with E-state index in [0.717, 1.165) is 28.2 Å². The summed E-state index contributed by atoms with van der Waals surface area (Å²) >= 11 is 0. The predicted molar refractivity (Wildman–Crippen MR) is 175 cm³/mol. The highest BCUT2D eigenvalue weighted by Gasteiger charge is 2.20. The van der Waals surface area contributed by atoms with Gasteiger partial charge in [0.25, 0.3) is 0 Å². The van der Waals surface area contributed by atoms with Crippen LogP contribution in [0.2, 0.25) is 0 Å². The van der Waals surface area contributed by atoms with Gasteiger partial charge in [-0.1, -0.05) is 140 Å². The maximum atomic E-state index is 6.33. The number of hydrogen-bond acceptors (Lipinski definition) is 4. The quantitative estimate of drug-likeness (QED) is 0.184. The molecule has 1 aliphatic heterocycles. The Morgan fingerprint density at radius 3 is 1.69 bits per heavy atom. The van der Waals surface area contributed by atoms with Crippen molar-refractivity contribution in [2.45, 2.75) is 18.5 Å². The lowest BCUT2D eigenvalue weighted by molar-refractivity contribution is 0.740. The van der Waals surface area contributed by atoms with E-state index in [-0.39, 0.29) is 12.1 Å². The topological polar surface area (TPSA) is 76.4 Å². The molecule has 0 radical (unpaired) electrons. The summed E-state index contributed by atoms with van der Waals surface area (Å²) in [6, 6.07) is 46.5. The van der Waals surface area contributed by atoms with Gasteiger partial charge in [-0.25, -0.2) is 4.99 Å². The SMILES string of the molecule is N/C=C\C[C@@H](N)c1ccc(C2=CC(c3ccc(-c4ccc(-c5ccccc5)cc4)cc3)NC(c3ccccc3)=N2)cc1. The van der Waals surface area contributed by atoms with E-state index in [1.54, 1.807) is 6.20 Å². The predicted octanol–water partition coefficient (Wildman–Crippen LogP) is 8.02. The first-order valence-corrected chi connectivity index (χ1v) is 14.3. The maximum absolute atomic E-state index is 6.33. The molecule has 1 unspecified atom stereocenters. The van der Waals surface area contributed by atoms with E-state index >= 15 is 0 Å². The molecular weight excluding hydrogens is 512 g/mol. The minimum atomic E-state index is -0.0926. The molecule has 6 rings (SSSR count). The van der Waals surface area contributed by atoms with Crippen molar-refractivity contribution in [1.29, 1.82) is 0 Å². The highest BCUT2D eigenvalue weighted by molar-refractivity contribution is 6.03. The fraction of sp³-hybridized carbons (Fsp3) is 0.0789. The zero-order valence-electron chi connectivity index (χ0n) is 23.4. The fourth-order valence-corrected chi connectivity index (χ4v) is 5.25. The largest absolute Gasteiger partial charge is 0.405 e. The molecule has 4 heteroatoms. The first-order chi connectivity index (χ1) is 20.7. The van der Waals surface area contributed by atoms with Crippen LogP contribution in [0.1, 0.15) is 40.8 Å². The highest BCUT2D eigenvalue weighted by Crippen LogP contribution is 2.31. The molecule has 0 saturated heterocycles. The average molecular weight is 547 g/mol. The monoisotopic (exact) mass is 546 g/mol. The van der Waals surface area contributed by atoms with Crippen LogP contribution < -0.4 is 16.8 Å². The summed E-state index contributed by atoms with van der Waals surface area (Å²) in [4.78, 5) is 5.03. The number of nitrogens with zero attached hydrogens (tertiary/aromatic N) is 1. The number of hydrogen-bond donors (Lipinski definition) is 3. The van der Waals surface area contributed by atoms with E-state index < -0.39 is 0 Å². The summed E-state index contributed by atoms with van der Waals surface area (Å²) in [5.74, 6) is 0.854. The van der Waals surface area contributed by atoms with Gasteiger partial charge >= 0.3 is 0 Å². The van der Waals surface area contributed by atoms with E-state index in [1.165, 1.54) is 27.8 Å². The molecule has 0 amide bonds. The van der Waals surface area contributed by atoms with Crippen molar-refractivity contribution < 1.29 is 0 Å². The van der Waals surface area contributed by atoms with Crippen LogP contribution >= 0.6 is 0 Å². The first kappa shape index (κ1) is 27.0. The normalized spacial score (nSPS) is 15.5. The van der Waals surface area contributed by atoms with Gasteiger partial charge in [-0.15, -0.1) is 0 Å². The molecule has 0 fully saturated rings. The van der Waals surface area contributed by atoms with E-state index in [2.05, 4.69) is 121 Å². The van der Waals surface area contributed by atoms with Crippen LogP contribution in [0.25, 0.3) is 28.0 Å². The minimum absolute atomic E-state index is 0.0289. The van der Waals surface area contributed by atoms with E-state index in [1.807, 2.05) is 30.3 Å². The average Bonchev–Trinajstić information content (AvgIpc) is 3.08. The Hall–Kier alpha value is -5.19. The molecule has 42 heavy (non-hydrogen) atoms. The molecule has 0 saturated carbocycles. The number of nitrogens with one attached hydrogen (secondary N) is 1. The van der Waals surface area contributed by atoms with Crippen molar-refractivity contribution in [3.8, 4) is 22.3 Å². The van der Waals surface area contributed by atoms with Crippen molar-refractivity contribution >= 4 is 11.5 Å². The van der Waals surface area contributed by atoms with E-state index in [0.29, 0.717) is 6.42 Å². The third-order valence-electron chi connectivity index (χ3n) is 7.65. The molecule has 0 bridgehead atoms. The van der Waals surface area contributed by atoms with E-state index in [4.69, 9.17) is 16.5 Å². The smallest absolute Gasteiger partial charge is 0.134 e. The van der Waals surface area contributed by atoms with Crippen LogP contribution in [-0.4, -0.2) is 5.84 Å². The molecule has 206 valence electrons. The van der Waals surface area contributed by atoms with Gasteiger partial charge in [0, 0.05) is 11.6 Å². The summed E-state index contributed by atoms with van der Waals surface area (Å²) in [6.07, 6.45) is 6.33. The Morgan fingerprint density at radius 1 is 0.619 bits per heavy atom. The molecule has 0 aliphatic carbocycles. The van der Waals surface area contributed by atoms with Gasteiger partial charge in [-0.05, 0) is 57.6 Å². The van der Waals surface area contributed by atoms with Crippen LogP contribution in [0, 0.1) is 0 Å². The lowest BCUT2D eigenvalue weighted by Gasteiger charge is -2.25. The third kappa shape index (κ3) is 6.09. The van der Waals surface area contributed by atoms with Crippen molar-refractivity contribution in [2.75, 3.05) is 0 Å². The van der Waals surface area contributed by atoms with Crippen molar-refractivity contribution in [3.05, 3.63) is 174 Å². The standard InChI is InChI=1S/C38H34N4/c39-25-7-12-35(40)31-19-23-33(24-20-31)37-26-36(41-38(42-37)34-10-5-2-6-11-34)32-21-17-30(18-22-32)29-15-13-28(14-16-29)27-8-3-1-4-9-27/h1-11,13-26,35-36H,12,39-40H2,(H,41,42)/b25-7-/t35-,36?/m1/s1. The zero-order chi connectivity index (χ0) is 28.7. The lowest BCUT2D eigenvalue weighted by Crippen LogP contribution is -2.31. The number of rotatable bonds is 8. The Balaban J connectivity index is 1.27. The van der Waals surface area contributed by atoms with Crippen LogP contribution in [0.15, 0.2) is 157 Å². The molecule has 1 heterocycles. The van der Waals surface area contributed by atoms with Crippen LogP contribution in [0.5, 0.6) is 0 Å². The van der Waals surface area contributed by atoms with E-state index in [9.17, 15) is 0 Å². The molecule has 5 N–H and O–H groups in total. The van der Waals surface area contributed by atoms with Gasteiger partial charge in [0.2, 0.25) is 0 Å². The van der Waals surface area contributed by atoms with Gasteiger partial charge < -0.3 is 16.8 Å². The van der Waals surface area contributed by atoms with Crippen molar-refractivity contribution in [2.24, 2.45) is 16.5 Å². The Kier molecular flexibility index (Phi) is 8.07. The Bertz CT molecular complexity index is 1700. The fourth-order valence-electron chi connectivity index (χ4n) is 5.25. The van der Waals surface area contributed by atoms with Crippen molar-refractivity contribution in [3.63, 3.8) is 0 Å². The van der Waals surface area contributed by atoms with Gasteiger partial charge in [0.05, 0.1) is 11.7 Å². The molecule has 0 aromatic heterocycles. The number of nitrogens with two attached hydrogens (primary N) is 2. The summed E-state index contributed by atoms with van der Waals surface area (Å²) in [7, 11) is 0. The molecule has 2 atom stereocenters.